The van der Waals surface area contributed by atoms with E-state index in [1.165, 1.54) is 11.3 Å². The molecular formula is C19H15N3O2. The van der Waals surface area contributed by atoms with Crippen molar-refractivity contribution in [1.82, 2.24) is 9.97 Å². The molecule has 2 aromatic heterocycles. The second-order valence-corrected chi connectivity index (χ2v) is 6.09. The summed E-state index contributed by atoms with van der Waals surface area (Å²) in [5.74, 6) is 0.663. The minimum atomic E-state index is -0.223. The summed E-state index contributed by atoms with van der Waals surface area (Å²) in [4.78, 5) is 22.2. The van der Waals surface area contributed by atoms with Crippen molar-refractivity contribution >= 4 is 27.8 Å². The molecule has 5 nitrogen and oxygen atoms in total. The van der Waals surface area contributed by atoms with E-state index in [0.717, 1.165) is 18.4 Å². The van der Waals surface area contributed by atoms with E-state index >= 15 is 0 Å². The number of nitrogens with zero attached hydrogens (tertiary/aromatic N) is 2. The molecule has 2 aromatic carbocycles. The molecule has 0 saturated carbocycles. The van der Waals surface area contributed by atoms with Crippen molar-refractivity contribution < 1.29 is 4.42 Å². The molecule has 1 N–H and O–H groups in total. The molecule has 0 amide bonds. The highest BCUT2D eigenvalue weighted by molar-refractivity contribution is 6.01. The van der Waals surface area contributed by atoms with Gasteiger partial charge in [-0.05, 0) is 30.2 Å². The minimum Gasteiger partial charge on any atom is -0.449 e. The third-order valence-electron chi connectivity index (χ3n) is 4.60. The summed E-state index contributed by atoms with van der Waals surface area (Å²) in [5, 5.41) is 0.877. The highest BCUT2D eigenvalue weighted by atomic mass is 16.3. The number of para-hydroxylation sites is 2. The smallest absolute Gasteiger partial charge is 0.294 e. The fourth-order valence-electron chi connectivity index (χ4n) is 3.47. The number of hydrogen-bond donors (Lipinski definition) is 1. The quantitative estimate of drug-likeness (QED) is 0.616. The minimum absolute atomic E-state index is 0.223. The molecular weight excluding hydrogens is 302 g/mol. The lowest BCUT2D eigenvalue weighted by Crippen LogP contribution is -2.23. The van der Waals surface area contributed by atoms with Crippen LogP contribution in [0.1, 0.15) is 11.4 Å². The normalized spacial score (nSPS) is 13.8. The number of fused-ring (bicyclic) bond motifs is 4. The maximum atomic E-state index is 12.4. The lowest BCUT2D eigenvalue weighted by Gasteiger charge is -2.18. The second kappa shape index (κ2) is 4.96. The molecule has 5 heteroatoms. The first-order chi connectivity index (χ1) is 11.8. The summed E-state index contributed by atoms with van der Waals surface area (Å²) >= 11 is 0. The van der Waals surface area contributed by atoms with Gasteiger partial charge in [0.25, 0.3) is 5.56 Å². The summed E-state index contributed by atoms with van der Waals surface area (Å²) < 4.78 is 5.64. The van der Waals surface area contributed by atoms with Gasteiger partial charge in [0.1, 0.15) is 16.9 Å². The van der Waals surface area contributed by atoms with Crippen LogP contribution in [-0.4, -0.2) is 16.5 Å². The van der Waals surface area contributed by atoms with Crippen LogP contribution in [0.5, 0.6) is 0 Å². The Balaban J connectivity index is 1.61. The first kappa shape index (κ1) is 13.4. The number of anilines is 1. The van der Waals surface area contributed by atoms with E-state index < -0.39 is 0 Å². The molecule has 1 aliphatic rings. The highest BCUT2D eigenvalue weighted by Crippen LogP contribution is 2.29. The van der Waals surface area contributed by atoms with Crippen LogP contribution in [0.4, 0.5) is 5.69 Å². The molecule has 5 rings (SSSR count). The van der Waals surface area contributed by atoms with Crippen molar-refractivity contribution in [2.24, 2.45) is 0 Å². The highest BCUT2D eigenvalue weighted by Gasteiger charge is 2.20. The number of H-pyrrole nitrogens is 1. The standard InChI is InChI=1S/C19H15N3O2/c23-19-18-17(13-6-2-4-8-15(13)24-18)20-16(21-19)11-22-10-9-12-5-1-3-7-14(12)22/h1-8H,9-11H2,(H,20,21,23). The van der Waals surface area contributed by atoms with E-state index in [-0.39, 0.29) is 5.56 Å². The van der Waals surface area contributed by atoms with Crippen molar-refractivity contribution in [1.29, 1.82) is 0 Å². The number of aromatic nitrogens is 2. The van der Waals surface area contributed by atoms with Crippen LogP contribution in [0.2, 0.25) is 0 Å². The molecule has 0 fully saturated rings. The van der Waals surface area contributed by atoms with Gasteiger partial charge in [0.15, 0.2) is 0 Å². The Hall–Kier alpha value is -3.08. The van der Waals surface area contributed by atoms with Gasteiger partial charge < -0.3 is 14.3 Å². The Morgan fingerprint density at radius 3 is 2.92 bits per heavy atom. The number of nitrogens with one attached hydrogen (secondary N) is 1. The molecule has 1 aliphatic heterocycles. The summed E-state index contributed by atoms with van der Waals surface area (Å²) in [6, 6.07) is 16.0. The molecule has 0 radical (unpaired) electrons. The number of furan rings is 1. The van der Waals surface area contributed by atoms with Gasteiger partial charge in [-0.15, -0.1) is 0 Å². The average molecular weight is 317 g/mol. The van der Waals surface area contributed by atoms with E-state index in [1.54, 1.807) is 0 Å². The van der Waals surface area contributed by atoms with Crippen LogP contribution >= 0.6 is 0 Å². The van der Waals surface area contributed by atoms with Crippen molar-refractivity contribution in [2.75, 3.05) is 11.4 Å². The van der Waals surface area contributed by atoms with Crippen LogP contribution in [0.25, 0.3) is 22.1 Å². The van der Waals surface area contributed by atoms with Crippen LogP contribution in [0.3, 0.4) is 0 Å². The lowest BCUT2D eigenvalue weighted by molar-refractivity contribution is 0.658. The van der Waals surface area contributed by atoms with Crippen molar-refractivity contribution in [3.63, 3.8) is 0 Å². The van der Waals surface area contributed by atoms with E-state index in [1.807, 2.05) is 30.3 Å². The van der Waals surface area contributed by atoms with E-state index in [2.05, 4.69) is 33.1 Å². The average Bonchev–Trinajstić information content (AvgIpc) is 3.18. The first-order valence-electron chi connectivity index (χ1n) is 8.03. The van der Waals surface area contributed by atoms with Gasteiger partial charge in [0.05, 0.1) is 6.54 Å². The molecule has 0 atom stereocenters. The number of aromatic amines is 1. The Kier molecular flexibility index (Phi) is 2.76. The van der Waals surface area contributed by atoms with E-state index in [4.69, 9.17) is 4.42 Å². The van der Waals surface area contributed by atoms with Gasteiger partial charge in [0.2, 0.25) is 5.58 Å². The summed E-state index contributed by atoms with van der Waals surface area (Å²) in [5.41, 5.74) is 3.96. The first-order valence-corrected chi connectivity index (χ1v) is 8.03. The second-order valence-electron chi connectivity index (χ2n) is 6.09. The zero-order valence-corrected chi connectivity index (χ0v) is 13.0. The largest absolute Gasteiger partial charge is 0.449 e. The molecule has 24 heavy (non-hydrogen) atoms. The summed E-state index contributed by atoms with van der Waals surface area (Å²) in [7, 11) is 0. The van der Waals surface area contributed by atoms with Crippen LogP contribution in [-0.2, 0) is 13.0 Å². The fraction of sp³-hybridized carbons (Fsp3) is 0.158. The zero-order chi connectivity index (χ0) is 16.1. The van der Waals surface area contributed by atoms with Crippen LogP contribution < -0.4 is 10.5 Å². The SMILES string of the molecule is O=c1[nH]c(CN2CCc3ccccc32)nc2c1oc1ccccc12. The number of hydrogen-bond acceptors (Lipinski definition) is 4. The number of rotatable bonds is 2. The molecule has 0 bridgehead atoms. The van der Waals surface area contributed by atoms with Gasteiger partial charge in [-0.2, -0.15) is 0 Å². The lowest BCUT2D eigenvalue weighted by atomic mass is 10.2. The predicted octanol–water partition coefficient (Wildman–Crippen LogP) is 3.23. The maximum absolute atomic E-state index is 12.4. The third-order valence-corrected chi connectivity index (χ3v) is 4.60. The maximum Gasteiger partial charge on any atom is 0.294 e. The monoisotopic (exact) mass is 317 g/mol. The van der Waals surface area contributed by atoms with Crippen LogP contribution in [0.15, 0.2) is 57.7 Å². The molecule has 3 heterocycles. The van der Waals surface area contributed by atoms with Crippen molar-refractivity contribution in [2.45, 2.75) is 13.0 Å². The molecule has 0 aliphatic carbocycles. The van der Waals surface area contributed by atoms with E-state index in [0.29, 0.717) is 29.1 Å². The Labute approximate surface area is 137 Å². The fourth-order valence-corrected chi connectivity index (χ4v) is 3.47. The Morgan fingerprint density at radius 1 is 1.12 bits per heavy atom. The van der Waals surface area contributed by atoms with Crippen molar-refractivity contribution in [3.8, 4) is 0 Å². The molecule has 0 unspecified atom stereocenters. The van der Waals surface area contributed by atoms with Gasteiger partial charge in [-0.25, -0.2) is 4.98 Å². The van der Waals surface area contributed by atoms with Gasteiger partial charge in [0, 0.05) is 17.6 Å². The van der Waals surface area contributed by atoms with Gasteiger partial charge >= 0.3 is 0 Å². The molecule has 0 saturated heterocycles. The Morgan fingerprint density at radius 2 is 1.96 bits per heavy atom. The third kappa shape index (κ3) is 1.94. The summed E-state index contributed by atoms with van der Waals surface area (Å²) in [6.45, 7) is 1.52. The summed E-state index contributed by atoms with van der Waals surface area (Å²) in [6.07, 6.45) is 1.03. The van der Waals surface area contributed by atoms with Crippen molar-refractivity contribution in [3.05, 3.63) is 70.3 Å². The van der Waals surface area contributed by atoms with E-state index in [9.17, 15) is 4.79 Å². The topological polar surface area (TPSA) is 62.1 Å². The van der Waals surface area contributed by atoms with Gasteiger partial charge in [-0.1, -0.05) is 30.3 Å². The molecule has 4 aromatic rings. The predicted molar refractivity (Wildman–Crippen MR) is 93.3 cm³/mol. The number of benzene rings is 2. The molecule has 0 spiro atoms. The molecule has 118 valence electrons. The zero-order valence-electron chi connectivity index (χ0n) is 13.0. The van der Waals surface area contributed by atoms with Crippen LogP contribution in [0, 0.1) is 0 Å². The Bertz CT molecular complexity index is 1130. The van der Waals surface area contributed by atoms with Gasteiger partial charge in [-0.3, -0.25) is 4.79 Å².